The Morgan fingerprint density at radius 2 is 2.06 bits per heavy atom. The standard InChI is InChI=1S/C23H29N5O4.C2H6/c1-32-20-9-7-17(15-25-20)19(14-21(29)30)28-13-12-27(23(28)31)11-3-5-18-8-6-16-4-2-10-24-22(16)26-18;1-2/h6-9,15,19H,2-5,10-14H2,1H3,(H,24,26)(H,29,30);1-2H3/t19-;/m0./s1. The Kier molecular flexibility index (Phi) is 9.07. The van der Waals surface area contributed by atoms with Gasteiger partial charge in [0.05, 0.1) is 19.6 Å². The molecular formula is C25H35N5O4. The minimum absolute atomic E-state index is 0.132. The number of nitrogens with one attached hydrogen (secondary N) is 1. The van der Waals surface area contributed by atoms with Crippen LogP contribution in [0.3, 0.4) is 0 Å². The summed E-state index contributed by atoms with van der Waals surface area (Å²) in [5.74, 6) is 0.481. The minimum Gasteiger partial charge on any atom is -0.481 e. The average molecular weight is 470 g/mol. The molecular weight excluding hydrogens is 434 g/mol. The van der Waals surface area contributed by atoms with Crippen LogP contribution in [0, 0.1) is 0 Å². The van der Waals surface area contributed by atoms with Crippen molar-refractivity contribution in [2.24, 2.45) is 0 Å². The molecule has 1 fully saturated rings. The van der Waals surface area contributed by atoms with E-state index in [9.17, 15) is 14.7 Å². The van der Waals surface area contributed by atoms with E-state index in [4.69, 9.17) is 9.72 Å². The summed E-state index contributed by atoms with van der Waals surface area (Å²) in [4.78, 5) is 36.8. The lowest BCUT2D eigenvalue weighted by Crippen LogP contribution is -2.36. The summed E-state index contributed by atoms with van der Waals surface area (Å²) in [7, 11) is 1.52. The highest BCUT2D eigenvalue weighted by Gasteiger charge is 2.35. The fourth-order valence-electron chi connectivity index (χ4n) is 4.34. The van der Waals surface area contributed by atoms with Gasteiger partial charge < -0.3 is 25.0 Å². The number of pyridine rings is 2. The number of ether oxygens (including phenoxy) is 1. The normalized spacial score (nSPS) is 15.7. The maximum Gasteiger partial charge on any atom is 0.320 e. The largest absolute Gasteiger partial charge is 0.481 e. The van der Waals surface area contributed by atoms with Gasteiger partial charge in [-0.3, -0.25) is 4.79 Å². The van der Waals surface area contributed by atoms with Crippen LogP contribution in [0.1, 0.15) is 56.0 Å². The van der Waals surface area contributed by atoms with Crippen molar-refractivity contribution in [2.45, 2.75) is 52.0 Å². The molecule has 1 atom stereocenters. The van der Waals surface area contributed by atoms with Gasteiger partial charge in [-0.05, 0) is 42.9 Å². The zero-order chi connectivity index (χ0) is 24.5. The van der Waals surface area contributed by atoms with E-state index in [1.54, 1.807) is 28.1 Å². The highest BCUT2D eigenvalue weighted by Crippen LogP contribution is 2.29. The topological polar surface area (TPSA) is 108 Å². The summed E-state index contributed by atoms with van der Waals surface area (Å²) in [6.07, 6.45) is 5.21. The Labute approximate surface area is 201 Å². The fourth-order valence-corrected chi connectivity index (χ4v) is 4.34. The van der Waals surface area contributed by atoms with Crippen molar-refractivity contribution in [1.82, 2.24) is 19.8 Å². The molecule has 0 spiro atoms. The third-order valence-electron chi connectivity index (χ3n) is 6.04. The van der Waals surface area contributed by atoms with Crippen LogP contribution in [-0.4, -0.2) is 70.2 Å². The Morgan fingerprint density at radius 1 is 1.24 bits per heavy atom. The first-order valence-electron chi connectivity index (χ1n) is 12.0. The molecule has 1 saturated heterocycles. The predicted molar refractivity (Wildman–Crippen MR) is 130 cm³/mol. The molecule has 4 heterocycles. The van der Waals surface area contributed by atoms with Crippen LogP contribution in [0.25, 0.3) is 0 Å². The number of aromatic nitrogens is 2. The molecule has 9 nitrogen and oxygen atoms in total. The van der Waals surface area contributed by atoms with Crippen molar-refractivity contribution in [3.05, 3.63) is 47.3 Å². The summed E-state index contributed by atoms with van der Waals surface area (Å²) in [6, 6.07) is 6.98. The SMILES string of the molecule is CC.COc1ccc([C@H](CC(=O)O)N2CCN(CCCc3ccc4c(n3)NCCC4)C2=O)cn1. The predicted octanol–water partition coefficient (Wildman–Crippen LogP) is 3.76. The second kappa shape index (κ2) is 12.2. The summed E-state index contributed by atoms with van der Waals surface area (Å²) >= 11 is 0. The lowest BCUT2D eigenvalue weighted by atomic mass is 10.0. The van der Waals surface area contributed by atoms with Crippen molar-refractivity contribution < 1.29 is 19.4 Å². The van der Waals surface area contributed by atoms with Gasteiger partial charge in [0.1, 0.15) is 5.82 Å². The minimum atomic E-state index is -0.954. The molecule has 2 aromatic heterocycles. The van der Waals surface area contributed by atoms with Gasteiger partial charge in [0.15, 0.2) is 0 Å². The van der Waals surface area contributed by atoms with Crippen LogP contribution < -0.4 is 10.1 Å². The number of urea groups is 1. The number of carbonyl (C=O) groups is 2. The number of methoxy groups -OCH3 is 1. The number of aryl methyl sites for hydroxylation is 2. The van der Waals surface area contributed by atoms with Crippen molar-refractivity contribution in [3.8, 4) is 5.88 Å². The zero-order valence-electron chi connectivity index (χ0n) is 20.3. The quantitative estimate of drug-likeness (QED) is 0.576. The Morgan fingerprint density at radius 3 is 2.76 bits per heavy atom. The molecule has 0 saturated carbocycles. The molecule has 2 amide bonds. The number of nitrogens with zero attached hydrogens (tertiary/aromatic N) is 4. The number of hydrogen-bond acceptors (Lipinski definition) is 6. The van der Waals surface area contributed by atoms with Crippen LogP contribution in [-0.2, 0) is 17.6 Å². The monoisotopic (exact) mass is 469 g/mol. The number of carboxylic acid groups (broad SMARTS) is 1. The van der Waals surface area contributed by atoms with E-state index in [1.807, 2.05) is 13.8 Å². The van der Waals surface area contributed by atoms with Crippen molar-refractivity contribution in [3.63, 3.8) is 0 Å². The number of carboxylic acids is 1. The number of fused-ring (bicyclic) bond motifs is 1. The van der Waals surface area contributed by atoms with E-state index >= 15 is 0 Å². The second-order valence-corrected chi connectivity index (χ2v) is 8.15. The first-order chi connectivity index (χ1) is 16.5. The molecule has 4 rings (SSSR count). The van der Waals surface area contributed by atoms with Crippen LogP contribution in [0.4, 0.5) is 10.6 Å². The van der Waals surface area contributed by atoms with Gasteiger partial charge in [0.2, 0.25) is 5.88 Å². The van der Waals surface area contributed by atoms with E-state index in [0.717, 1.165) is 43.7 Å². The highest BCUT2D eigenvalue weighted by atomic mass is 16.5. The molecule has 2 N–H and O–H groups in total. The lowest BCUT2D eigenvalue weighted by molar-refractivity contribution is -0.138. The van der Waals surface area contributed by atoms with E-state index in [0.29, 0.717) is 31.1 Å². The molecule has 9 heteroatoms. The first-order valence-corrected chi connectivity index (χ1v) is 12.0. The van der Waals surface area contributed by atoms with Crippen molar-refractivity contribution in [2.75, 3.05) is 38.6 Å². The fraction of sp³-hybridized carbons (Fsp3) is 0.520. The first kappa shape index (κ1) is 25.3. The van der Waals surface area contributed by atoms with Gasteiger partial charge in [-0.25, -0.2) is 14.8 Å². The van der Waals surface area contributed by atoms with E-state index in [1.165, 1.54) is 12.7 Å². The van der Waals surface area contributed by atoms with Crippen LogP contribution in [0.5, 0.6) is 5.88 Å². The van der Waals surface area contributed by atoms with E-state index in [-0.39, 0.29) is 12.5 Å². The van der Waals surface area contributed by atoms with Crippen molar-refractivity contribution in [1.29, 1.82) is 0 Å². The van der Waals surface area contributed by atoms with Crippen LogP contribution in [0.15, 0.2) is 30.5 Å². The molecule has 2 aliphatic rings. The maximum absolute atomic E-state index is 13.0. The molecule has 0 bridgehead atoms. The molecule has 0 aliphatic carbocycles. The highest BCUT2D eigenvalue weighted by molar-refractivity contribution is 5.78. The summed E-state index contributed by atoms with van der Waals surface area (Å²) in [6.45, 7) is 6.65. The summed E-state index contributed by atoms with van der Waals surface area (Å²) in [5, 5.41) is 12.8. The van der Waals surface area contributed by atoms with Crippen LogP contribution in [0.2, 0.25) is 0 Å². The lowest BCUT2D eigenvalue weighted by Gasteiger charge is -2.27. The molecule has 34 heavy (non-hydrogen) atoms. The number of carbonyl (C=O) groups excluding carboxylic acids is 1. The molecule has 2 aliphatic heterocycles. The number of anilines is 1. The Hall–Kier alpha value is -3.36. The molecule has 0 radical (unpaired) electrons. The molecule has 0 unspecified atom stereocenters. The number of amides is 2. The van der Waals surface area contributed by atoms with Gasteiger partial charge in [-0.2, -0.15) is 0 Å². The van der Waals surface area contributed by atoms with Gasteiger partial charge in [-0.15, -0.1) is 0 Å². The summed E-state index contributed by atoms with van der Waals surface area (Å²) in [5.41, 5.74) is 2.98. The Bertz CT molecular complexity index is 966. The summed E-state index contributed by atoms with van der Waals surface area (Å²) < 4.78 is 5.08. The van der Waals surface area contributed by atoms with E-state index in [2.05, 4.69) is 22.4 Å². The third kappa shape index (κ3) is 6.15. The maximum atomic E-state index is 13.0. The van der Waals surface area contributed by atoms with Gasteiger partial charge in [0, 0.05) is 44.1 Å². The smallest absolute Gasteiger partial charge is 0.320 e. The van der Waals surface area contributed by atoms with Crippen molar-refractivity contribution >= 4 is 17.8 Å². The molecule has 0 aromatic carbocycles. The average Bonchev–Trinajstić information content (AvgIpc) is 3.23. The number of rotatable bonds is 9. The molecule has 2 aromatic rings. The van der Waals surface area contributed by atoms with Crippen LogP contribution >= 0.6 is 0 Å². The Balaban J connectivity index is 0.00000158. The number of aliphatic carboxylic acids is 1. The van der Waals surface area contributed by atoms with Gasteiger partial charge >= 0.3 is 12.0 Å². The van der Waals surface area contributed by atoms with E-state index < -0.39 is 12.0 Å². The van der Waals surface area contributed by atoms with Gasteiger partial charge in [0.25, 0.3) is 0 Å². The van der Waals surface area contributed by atoms with Gasteiger partial charge in [-0.1, -0.05) is 26.0 Å². The third-order valence-corrected chi connectivity index (χ3v) is 6.04. The molecule has 184 valence electrons. The second-order valence-electron chi connectivity index (χ2n) is 8.15. The zero-order valence-corrected chi connectivity index (χ0v) is 20.3. The number of hydrogen-bond donors (Lipinski definition) is 2.